The first-order valence-corrected chi connectivity index (χ1v) is 7.50. The van der Waals surface area contributed by atoms with Gasteiger partial charge in [-0.15, -0.1) is 0 Å². The third-order valence-electron chi connectivity index (χ3n) is 4.65. The largest absolute Gasteiger partial charge is 0.391 e. The van der Waals surface area contributed by atoms with E-state index in [0.717, 1.165) is 25.7 Å². The van der Waals surface area contributed by atoms with E-state index in [-0.39, 0.29) is 30.8 Å². The number of alkyl halides is 3. The summed E-state index contributed by atoms with van der Waals surface area (Å²) in [6, 6.07) is -0.128. The summed E-state index contributed by atoms with van der Waals surface area (Å²) in [5.41, 5.74) is 5.96. The Morgan fingerprint density at radius 3 is 2.40 bits per heavy atom. The van der Waals surface area contributed by atoms with Gasteiger partial charge in [-0.3, -0.25) is 4.79 Å². The lowest BCUT2D eigenvalue weighted by Crippen LogP contribution is -2.51. The van der Waals surface area contributed by atoms with Crippen LogP contribution < -0.4 is 11.1 Å². The van der Waals surface area contributed by atoms with Crippen LogP contribution in [0.4, 0.5) is 13.2 Å². The molecule has 2 fully saturated rings. The molecule has 6 heteroatoms. The Balaban J connectivity index is 1.88. The maximum Gasteiger partial charge on any atom is 0.391 e. The van der Waals surface area contributed by atoms with Crippen molar-refractivity contribution >= 4 is 5.91 Å². The van der Waals surface area contributed by atoms with Gasteiger partial charge in [0.15, 0.2) is 0 Å². The second-order valence-corrected chi connectivity index (χ2v) is 6.17. The number of hydrogen-bond acceptors (Lipinski definition) is 2. The molecule has 2 unspecified atom stereocenters. The molecule has 0 radical (unpaired) electrons. The number of carbonyl (C=O) groups is 1. The van der Waals surface area contributed by atoms with Gasteiger partial charge in [-0.05, 0) is 32.1 Å². The predicted molar refractivity (Wildman–Crippen MR) is 69.9 cm³/mol. The van der Waals surface area contributed by atoms with Crippen LogP contribution in [0.3, 0.4) is 0 Å². The summed E-state index contributed by atoms with van der Waals surface area (Å²) in [6.45, 7) is 0. The number of amides is 1. The standard InChI is InChI=1S/C14H23F3N2O/c15-14(16,17)10-5-3-4-9(8-10)13(20)19-12-7-2-1-6-11(12)18/h9-12H,1-8,18H2,(H,19,20)/t9?,10?,11-,12-/m1/s1. The van der Waals surface area contributed by atoms with Crippen LogP contribution in [0.2, 0.25) is 0 Å². The zero-order valence-electron chi connectivity index (χ0n) is 11.6. The van der Waals surface area contributed by atoms with Crippen molar-refractivity contribution in [2.75, 3.05) is 0 Å². The summed E-state index contributed by atoms with van der Waals surface area (Å²) < 4.78 is 38.2. The third kappa shape index (κ3) is 3.87. The quantitative estimate of drug-likeness (QED) is 0.822. The van der Waals surface area contributed by atoms with Gasteiger partial charge in [0.2, 0.25) is 5.91 Å². The number of rotatable bonds is 2. The van der Waals surface area contributed by atoms with E-state index in [1.165, 1.54) is 0 Å². The summed E-state index contributed by atoms with van der Waals surface area (Å²) in [7, 11) is 0. The average Bonchev–Trinajstić information content (AvgIpc) is 2.40. The molecule has 0 spiro atoms. The highest BCUT2D eigenvalue weighted by Gasteiger charge is 2.43. The van der Waals surface area contributed by atoms with Crippen LogP contribution in [-0.2, 0) is 4.79 Å². The highest BCUT2D eigenvalue weighted by molar-refractivity contribution is 5.79. The first-order chi connectivity index (χ1) is 9.38. The lowest BCUT2D eigenvalue weighted by molar-refractivity contribution is -0.186. The van der Waals surface area contributed by atoms with Crippen molar-refractivity contribution in [2.45, 2.75) is 69.6 Å². The molecule has 1 amide bonds. The second-order valence-electron chi connectivity index (χ2n) is 6.17. The van der Waals surface area contributed by atoms with Gasteiger partial charge in [-0.1, -0.05) is 19.3 Å². The van der Waals surface area contributed by atoms with E-state index in [0.29, 0.717) is 12.8 Å². The third-order valence-corrected chi connectivity index (χ3v) is 4.65. The van der Waals surface area contributed by atoms with Gasteiger partial charge in [0, 0.05) is 18.0 Å². The van der Waals surface area contributed by atoms with Gasteiger partial charge < -0.3 is 11.1 Å². The van der Waals surface area contributed by atoms with Crippen molar-refractivity contribution in [1.29, 1.82) is 0 Å². The Bertz CT molecular complexity index is 346. The number of halogens is 3. The minimum atomic E-state index is -4.18. The van der Waals surface area contributed by atoms with Crippen LogP contribution in [0.1, 0.15) is 51.4 Å². The topological polar surface area (TPSA) is 55.1 Å². The Morgan fingerprint density at radius 1 is 1.05 bits per heavy atom. The van der Waals surface area contributed by atoms with Gasteiger partial charge in [0.1, 0.15) is 0 Å². The Kier molecular flexibility index (Phi) is 4.94. The van der Waals surface area contributed by atoms with Crippen LogP contribution in [0.5, 0.6) is 0 Å². The molecule has 0 heterocycles. The fraction of sp³-hybridized carbons (Fsp3) is 0.929. The molecule has 116 valence electrons. The van der Waals surface area contributed by atoms with E-state index in [9.17, 15) is 18.0 Å². The molecule has 2 aliphatic carbocycles. The van der Waals surface area contributed by atoms with Gasteiger partial charge in [0.25, 0.3) is 0 Å². The molecule has 2 saturated carbocycles. The molecule has 2 aliphatic rings. The summed E-state index contributed by atoms with van der Waals surface area (Å²) in [5, 5.41) is 2.88. The Morgan fingerprint density at radius 2 is 1.75 bits per heavy atom. The van der Waals surface area contributed by atoms with Crippen LogP contribution >= 0.6 is 0 Å². The fourth-order valence-corrected chi connectivity index (χ4v) is 3.36. The van der Waals surface area contributed by atoms with Gasteiger partial charge in [0.05, 0.1) is 5.92 Å². The normalized spacial score (nSPS) is 35.6. The van der Waals surface area contributed by atoms with Crippen molar-refractivity contribution in [3.63, 3.8) is 0 Å². The summed E-state index contributed by atoms with van der Waals surface area (Å²) >= 11 is 0. The number of nitrogens with two attached hydrogens (primary N) is 1. The van der Waals surface area contributed by atoms with E-state index >= 15 is 0 Å². The molecule has 0 aliphatic heterocycles. The number of hydrogen-bond donors (Lipinski definition) is 2. The van der Waals surface area contributed by atoms with E-state index < -0.39 is 18.0 Å². The second kappa shape index (κ2) is 6.33. The van der Waals surface area contributed by atoms with Crippen molar-refractivity contribution in [1.82, 2.24) is 5.32 Å². The molecule has 3 N–H and O–H groups in total. The molecule has 3 nitrogen and oxygen atoms in total. The first-order valence-electron chi connectivity index (χ1n) is 7.50. The average molecular weight is 292 g/mol. The van der Waals surface area contributed by atoms with Gasteiger partial charge in [-0.2, -0.15) is 13.2 Å². The molecule has 0 bridgehead atoms. The van der Waals surface area contributed by atoms with Crippen LogP contribution in [0.15, 0.2) is 0 Å². The predicted octanol–water partition coefficient (Wildman–Crippen LogP) is 2.74. The number of nitrogens with one attached hydrogen (secondary N) is 1. The zero-order chi connectivity index (χ0) is 14.8. The van der Waals surface area contributed by atoms with E-state index in [2.05, 4.69) is 5.32 Å². The maximum absolute atomic E-state index is 12.7. The van der Waals surface area contributed by atoms with Crippen molar-refractivity contribution in [2.24, 2.45) is 17.6 Å². The molecule has 0 saturated heterocycles. The van der Waals surface area contributed by atoms with E-state index in [1.807, 2.05) is 0 Å². The first kappa shape index (κ1) is 15.6. The summed E-state index contributed by atoms with van der Waals surface area (Å²) in [6.07, 6.45) is 0.720. The smallest absolute Gasteiger partial charge is 0.352 e. The maximum atomic E-state index is 12.7. The number of carbonyl (C=O) groups excluding carboxylic acids is 1. The molecular formula is C14H23F3N2O. The highest BCUT2D eigenvalue weighted by atomic mass is 19.4. The Labute approximate surface area is 117 Å². The summed E-state index contributed by atoms with van der Waals surface area (Å²) in [5.74, 6) is -2.07. The van der Waals surface area contributed by atoms with Crippen LogP contribution in [0.25, 0.3) is 0 Å². The fourth-order valence-electron chi connectivity index (χ4n) is 3.36. The van der Waals surface area contributed by atoms with E-state index in [4.69, 9.17) is 5.73 Å². The zero-order valence-corrected chi connectivity index (χ0v) is 11.6. The summed E-state index contributed by atoms with van der Waals surface area (Å²) in [4.78, 5) is 12.2. The minimum Gasteiger partial charge on any atom is -0.352 e. The van der Waals surface area contributed by atoms with Crippen molar-refractivity contribution < 1.29 is 18.0 Å². The molecule has 0 aromatic heterocycles. The SMILES string of the molecule is N[C@@H]1CCCC[C@H]1NC(=O)C1CCCC(C(F)(F)F)C1. The molecule has 4 atom stereocenters. The lowest BCUT2D eigenvalue weighted by atomic mass is 9.80. The molecule has 0 aromatic carbocycles. The highest BCUT2D eigenvalue weighted by Crippen LogP contribution is 2.40. The van der Waals surface area contributed by atoms with Gasteiger partial charge >= 0.3 is 6.18 Å². The van der Waals surface area contributed by atoms with Crippen LogP contribution in [0, 0.1) is 11.8 Å². The monoisotopic (exact) mass is 292 g/mol. The van der Waals surface area contributed by atoms with E-state index in [1.54, 1.807) is 0 Å². The van der Waals surface area contributed by atoms with Gasteiger partial charge in [-0.25, -0.2) is 0 Å². The molecule has 2 rings (SSSR count). The molecule has 20 heavy (non-hydrogen) atoms. The van der Waals surface area contributed by atoms with Crippen molar-refractivity contribution in [3.8, 4) is 0 Å². The Hall–Kier alpha value is -0.780. The molecular weight excluding hydrogens is 269 g/mol. The lowest BCUT2D eigenvalue weighted by Gasteiger charge is -2.33. The minimum absolute atomic E-state index is 0.0605. The van der Waals surface area contributed by atoms with Crippen molar-refractivity contribution in [3.05, 3.63) is 0 Å². The van der Waals surface area contributed by atoms with Crippen LogP contribution in [-0.4, -0.2) is 24.2 Å². The molecule has 0 aromatic rings.